The molecule has 2 heteroatoms. The van der Waals surface area contributed by atoms with Crippen molar-refractivity contribution in [1.29, 1.82) is 0 Å². The third kappa shape index (κ3) is 6.20. The maximum Gasteiger partial charge on any atom is 0.143 e. The molecule has 0 aliphatic rings. The molecule has 1 aromatic heterocycles. The van der Waals surface area contributed by atoms with E-state index in [1.54, 1.807) is 0 Å². The van der Waals surface area contributed by atoms with Crippen molar-refractivity contribution in [2.75, 3.05) is 4.90 Å². The van der Waals surface area contributed by atoms with E-state index in [-0.39, 0.29) is 0 Å². The first-order valence-electron chi connectivity index (χ1n) is 21.2. The molecule has 2 nitrogen and oxygen atoms in total. The smallest absolute Gasteiger partial charge is 0.143 e. The van der Waals surface area contributed by atoms with Gasteiger partial charge in [0.25, 0.3) is 0 Å². The van der Waals surface area contributed by atoms with Crippen LogP contribution in [0.3, 0.4) is 0 Å². The van der Waals surface area contributed by atoms with Crippen LogP contribution in [0, 0.1) is 0 Å². The summed E-state index contributed by atoms with van der Waals surface area (Å²) in [4.78, 5) is 2.39. The van der Waals surface area contributed by atoms with Crippen LogP contribution in [0.25, 0.3) is 98.8 Å². The molecule has 0 aliphatic heterocycles. The van der Waals surface area contributed by atoms with E-state index in [4.69, 9.17) is 4.42 Å². The summed E-state index contributed by atoms with van der Waals surface area (Å²) in [6.07, 6.45) is 0. The molecule has 290 valence electrons. The number of furan rings is 1. The van der Waals surface area contributed by atoms with Crippen molar-refractivity contribution in [3.05, 3.63) is 237 Å². The summed E-state index contributed by atoms with van der Waals surface area (Å²) in [5.74, 6) is 0. The summed E-state index contributed by atoms with van der Waals surface area (Å²) in [6, 6.07) is 85.5. The van der Waals surface area contributed by atoms with Gasteiger partial charge in [-0.15, -0.1) is 0 Å². The number of para-hydroxylation sites is 1. The average Bonchev–Trinajstić information content (AvgIpc) is 3.73. The van der Waals surface area contributed by atoms with Gasteiger partial charge in [-0.1, -0.05) is 176 Å². The first kappa shape index (κ1) is 35.7. The predicted octanol–water partition coefficient (Wildman–Crippen LogP) is 17.2. The molecular formula is C60H39NO. The Hall–Kier alpha value is -8.20. The van der Waals surface area contributed by atoms with Crippen LogP contribution < -0.4 is 4.90 Å². The second-order valence-electron chi connectivity index (χ2n) is 16.1. The summed E-state index contributed by atoms with van der Waals surface area (Å²) in [7, 11) is 0. The van der Waals surface area contributed by atoms with Gasteiger partial charge in [0, 0.05) is 33.1 Å². The van der Waals surface area contributed by atoms with E-state index in [0.29, 0.717) is 0 Å². The van der Waals surface area contributed by atoms with Crippen LogP contribution in [-0.4, -0.2) is 0 Å². The van der Waals surface area contributed by atoms with Crippen LogP contribution >= 0.6 is 0 Å². The topological polar surface area (TPSA) is 16.4 Å². The highest BCUT2D eigenvalue weighted by atomic mass is 16.3. The molecule has 0 bridgehead atoms. The van der Waals surface area contributed by atoms with Crippen molar-refractivity contribution in [3.63, 3.8) is 0 Å². The fourth-order valence-corrected chi connectivity index (χ4v) is 9.33. The quantitative estimate of drug-likeness (QED) is 0.160. The number of nitrogens with zero attached hydrogens (tertiary/aromatic N) is 1. The van der Waals surface area contributed by atoms with Crippen molar-refractivity contribution < 1.29 is 4.42 Å². The molecule has 12 rings (SSSR count). The first-order chi connectivity index (χ1) is 30.7. The standard InChI is InChI=1S/C60H39NO/c1-2-14-45-37-47(24-23-40(45)11-1)42-27-33-51(34-28-42)61(50-31-25-41(26-32-50)46-16-9-17-48(38-46)53-21-10-15-43-12-3-5-18-52(43)53)58-22-8-7-19-54(58)49-30-36-59-57(39-49)56-35-29-44-13-4-6-20-55(44)60(56)62-59/h1-39H. The Kier molecular flexibility index (Phi) is 8.53. The fraction of sp³-hybridized carbons (Fsp3) is 0. The van der Waals surface area contributed by atoms with Gasteiger partial charge in [-0.3, -0.25) is 0 Å². The van der Waals surface area contributed by atoms with Gasteiger partial charge in [-0.05, 0) is 127 Å². The summed E-state index contributed by atoms with van der Waals surface area (Å²) in [5, 5.41) is 9.53. The maximum atomic E-state index is 6.53. The Morgan fingerprint density at radius 3 is 1.60 bits per heavy atom. The zero-order chi connectivity index (χ0) is 41.0. The first-order valence-corrected chi connectivity index (χ1v) is 21.2. The van der Waals surface area contributed by atoms with Crippen LogP contribution in [0.1, 0.15) is 0 Å². The Bertz CT molecular complexity index is 3630. The Balaban J connectivity index is 0.969. The Labute approximate surface area is 360 Å². The van der Waals surface area contributed by atoms with Gasteiger partial charge in [0.2, 0.25) is 0 Å². The third-order valence-electron chi connectivity index (χ3n) is 12.4. The molecule has 0 saturated heterocycles. The molecule has 12 aromatic rings. The highest BCUT2D eigenvalue weighted by Gasteiger charge is 2.19. The SMILES string of the molecule is c1cc(-c2ccc(N(c3ccc(-c4ccc5ccccc5c4)cc3)c3ccccc3-c3ccc4oc5c6ccccc6ccc5c4c3)cc2)cc(-c2cccc3ccccc23)c1. The molecule has 0 N–H and O–H groups in total. The van der Waals surface area contributed by atoms with Crippen molar-refractivity contribution >= 4 is 71.3 Å². The monoisotopic (exact) mass is 789 g/mol. The average molecular weight is 790 g/mol. The zero-order valence-electron chi connectivity index (χ0n) is 33.9. The van der Waals surface area contributed by atoms with Gasteiger partial charge in [0.05, 0.1) is 5.69 Å². The second kappa shape index (κ2) is 14.8. The molecule has 0 atom stereocenters. The molecule has 0 saturated carbocycles. The summed E-state index contributed by atoms with van der Waals surface area (Å²) >= 11 is 0. The predicted molar refractivity (Wildman–Crippen MR) is 263 cm³/mol. The van der Waals surface area contributed by atoms with Crippen molar-refractivity contribution in [3.8, 4) is 44.5 Å². The molecule has 0 aliphatic carbocycles. The molecule has 0 unspecified atom stereocenters. The highest BCUT2D eigenvalue weighted by molar-refractivity contribution is 6.15. The van der Waals surface area contributed by atoms with Gasteiger partial charge < -0.3 is 9.32 Å². The van der Waals surface area contributed by atoms with E-state index in [1.165, 1.54) is 60.3 Å². The van der Waals surface area contributed by atoms with E-state index in [2.05, 4.69) is 241 Å². The molecule has 62 heavy (non-hydrogen) atoms. The molecule has 0 radical (unpaired) electrons. The van der Waals surface area contributed by atoms with Crippen LogP contribution in [-0.2, 0) is 0 Å². The number of hydrogen-bond acceptors (Lipinski definition) is 2. The minimum Gasteiger partial charge on any atom is -0.455 e. The molecule has 0 amide bonds. The molecule has 1 heterocycles. The van der Waals surface area contributed by atoms with Gasteiger partial charge in [-0.25, -0.2) is 0 Å². The van der Waals surface area contributed by atoms with Gasteiger partial charge in [0.15, 0.2) is 0 Å². The number of hydrogen-bond donors (Lipinski definition) is 0. The molecule has 0 fully saturated rings. The molecule has 0 spiro atoms. The van der Waals surface area contributed by atoms with Crippen LogP contribution in [0.15, 0.2) is 241 Å². The minimum absolute atomic E-state index is 0.888. The van der Waals surface area contributed by atoms with Gasteiger partial charge in [-0.2, -0.15) is 0 Å². The largest absolute Gasteiger partial charge is 0.455 e. The third-order valence-corrected chi connectivity index (χ3v) is 12.4. The van der Waals surface area contributed by atoms with Crippen LogP contribution in [0.5, 0.6) is 0 Å². The van der Waals surface area contributed by atoms with Crippen molar-refractivity contribution in [2.45, 2.75) is 0 Å². The lowest BCUT2D eigenvalue weighted by Crippen LogP contribution is -2.11. The fourth-order valence-electron chi connectivity index (χ4n) is 9.33. The lowest BCUT2D eigenvalue weighted by Gasteiger charge is -2.28. The zero-order valence-corrected chi connectivity index (χ0v) is 33.9. The number of fused-ring (bicyclic) bond motifs is 7. The van der Waals surface area contributed by atoms with E-state index >= 15 is 0 Å². The minimum atomic E-state index is 0.888. The summed E-state index contributed by atoms with van der Waals surface area (Å²) in [5.41, 5.74) is 14.5. The van der Waals surface area contributed by atoms with E-state index < -0.39 is 0 Å². The Morgan fingerprint density at radius 1 is 0.274 bits per heavy atom. The van der Waals surface area contributed by atoms with E-state index in [0.717, 1.165) is 55.5 Å². The second-order valence-corrected chi connectivity index (χ2v) is 16.1. The number of rotatable bonds is 7. The summed E-state index contributed by atoms with van der Waals surface area (Å²) in [6.45, 7) is 0. The van der Waals surface area contributed by atoms with Gasteiger partial charge >= 0.3 is 0 Å². The number of benzene rings is 11. The van der Waals surface area contributed by atoms with Gasteiger partial charge in [0.1, 0.15) is 11.2 Å². The lowest BCUT2D eigenvalue weighted by molar-refractivity contribution is 0.672. The van der Waals surface area contributed by atoms with E-state index in [9.17, 15) is 0 Å². The lowest BCUT2D eigenvalue weighted by atomic mass is 9.95. The van der Waals surface area contributed by atoms with Crippen LogP contribution in [0.4, 0.5) is 17.1 Å². The van der Waals surface area contributed by atoms with E-state index in [1.807, 2.05) is 0 Å². The molecular weight excluding hydrogens is 751 g/mol. The summed E-state index contributed by atoms with van der Waals surface area (Å²) < 4.78 is 6.53. The van der Waals surface area contributed by atoms with Crippen LogP contribution in [0.2, 0.25) is 0 Å². The normalized spacial score (nSPS) is 11.5. The van der Waals surface area contributed by atoms with Crippen molar-refractivity contribution in [2.24, 2.45) is 0 Å². The highest BCUT2D eigenvalue weighted by Crippen LogP contribution is 2.44. The van der Waals surface area contributed by atoms with Crippen molar-refractivity contribution in [1.82, 2.24) is 0 Å². The Morgan fingerprint density at radius 2 is 0.806 bits per heavy atom. The number of anilines is 3. The molecule has 11 aromatic carbocycles. The maximum absolute atomic E-state index is 6.53.